The largest absolute Gasteiger partial charge is 0.484 e. The summed E-state index contributed by atoms with van der Waals surface area (Å²) in [5.74, 6) is -0.0286. The highest BCUT2D eigenvalue weighted by molar-refractivity contribution is 6.01. The Morgan fingerprint density at radius 3 is 2.58 bits per heavy atom. The molecule has 0 saturated heterocycles. The first-order valence-corrected chi connectivity index (χ1v) is 7.64. The predicted octanol–water partition coefficient (Wildman–Crippen LogP) is 2.54. The number of benzene rings is 2. The molecule has 0 aliphatic heterocycles. The zero-order chi connectivity index (χ0) is 18.4. The molecular weight excluding hydrogens is 338 g/mol. The summed E-state index contributed by atoms with van der Waals surface area (Å²) in [6, 6.07) is 13.4. The Kier molecular flexibility index (Phi) is 5.23. The third kappa shape index (κ3) is 4.04. The van der Waals surface area contributed by atoms with E-state index in [0.29, 0.717) is 17.3 Å². The number of carbonyl (C=O) groups is 2. The standard InChI is InChI=1S/C18H15N3O5/c1-24-18(23)14-4-2-3-5-15(14)20-16(22)10-25-13-8-6-12(7-9-13)17-21-19-11-26-17/h2-9,11H,10H2,1H3,(H,20,22). The summed E-state index contributed by atoms with van der Waals surface area (Å²) in [5.41, 5.74) is 1.37. The van der Waals surface area contributed by atoms with Gasteiger partial charge in [0.15, 0.2) is 6.61 Å². The Hall–Kier alpha value is -3.68. The highest BCUT2D eigenvalue weighted by atomic mass is 16.5. The van der Waals surface area contributed by atoms with Gasteiger partial charge < -0.3 is 19.2 Å². The fourth-order valence-electron chi connectivity index (χ4n) is 2.21. The van der Waals surface area contributed by atoms with E-state index in [0.717, 1.165) is 5.56 Å². The van der Waals surface area contributed by atoms with Gasteiger partial charge in [-0.15, -0.1) is 10.2 Å². The van der Waals surface area contributed by atoms with E-state index < -0.39 is 11.9 Å². The number of para-hydroxylation sites is 1. The molecule has 0 atom stereocenters. The second-order valence-electron chi connectivity index (χ2n) is 5.14. The highest BCUT2D eigenvalue weighted by Gasteiger charge is 2.13. The molecule has 1 N–H and O–H groups in total. The Morgan fingerprint density at radius 1 is 1.12 bits per heavy atom. The maximum Gasteiger partial charge on any atom is 0.339 e. The molecular formula is C18H15N3O5. The summed E-state index contributed by atoms with van der Waals surface area (Å²) in [6.07, 6.45) is 1.25. The zero-order valence-corrected chi connectivity index (χ0v) is 13.8. The van der Waals surface area contributed by atoms with Gasteiger partial charge in [-0.1, -0.05) is 12.1 Å². The maximum atomic E-state index is 12.1. The second-order valence-corrected chi connectivity index (χ2v) is 5.14. The molecule has 2 aromatic carbocycles. The van der Waals surface area contributed by atoms with Gasteiger partial charge in [-0.05, 0) is 36.4 Å². The van der Waals surface area contributed by atoms with Crippen molar-refractivity contribution in [2.75, 3.05) is 19.0 Å². The summed E-state index contributed by atoms with van der Waals surface area (Å²) < 4.78 is 15.2. The lowest BCUT2D eigenvalue weighted by atomic mass is 10.2. The van der Waals surface area contributed by atoms with Gasteiger partial charge in [0.1, 0.15) is 5.75 Å². The van der Waals surface area contributed by atoms with E-state index in [1.165, 1.54) is 13.5 Å². The van der Waals surface area contributed by atoms with Crippen LogP contribution in [0.4, 0.5) is 5.69 Å². The number of anilines is 1. The van der Waals surface area contributed by atoms with Crippen LogP contribution in [0.3, 0.4) is 0 Å². The third-order valence-corrected chi connectivity index (χ3v) is 3.44. The lowest BCUT2D eigenvalue weighted by Crippen LogP contribution is -2.21. The number of amides is 1. The number of aromatic nitrogens is 2. The van der Waals surface area contributed by atoms with Crippen molar-refractivity contribution < 1.29 is 23.5 Å². The Balaban J connectivity index is 1.59. The molecule has 1 amide bonds. The van der Waals surface area contributed by atoms with Gasteiger partial charge in [-0.3, -0.25) is 4.79 Å². The second kappa shape index (κ2) is 7.93. The van der Waals surface area contributed by atoms with Crippen LogP contribution >= 0.6 is 0 Å². The number of nitrogens with one attached hydrogen (secondary N) is 1. The molecule has 1 aromatic heterocycles. The minimum absolute atomic E-state index is 0.213. The van der Waals surface area contributed by atoms with Crippen LogP contribution in [-0.4, -0.2) is 35.8 Å². The fraction of sp³-hybridized carbons (Fsp3) is 0.111. The molecule has 0 radical (unpaired) electrons. The van der Waals surface area contributed by atoms with E-state index in [9.17, 15) is 9.59 Å². The van der Waals surface area contributed by atoms with Crippen molar-refractivity contribution in [1.29, 1.82) is 0 Å². The van der Waals surface area contributed by atoms with Gasteiger partial charge in [-0.2, -0.15) is 0 Å². The summed E-state index contributed by atoms with van der Waals surface area (Å²) in [5, 5.41) is 10.1. The predicted molar refractivity (Wildman–Crippen MR) is 91.6 cm³/mol. The summed E-state index contributed by atoms with van der Waals surface area (Å²) in [6.45, 7) is -0.213. The Morgan fingerprint density at radius 2 is 1.88 bits per heavy atom. The average Bonchev–Trinajstić information content (AvgIpc) is 3.21. The first-order chi connectivity index (χ1) is 12.7. The maximum absolute atomic E-state index is 12.1. The van der Waals surface area contributed by atoms with E-state index >= 15 is 0 Å². The van der Waals surface area contributed by atoms with Crippen LogP contribution in [0.2, 0.25) is 0 Å². The zero-order valence-electron chi connectivity index (χ0n) is 13.8. The van der Waals surface area contributed by atoms with Crippen molar-refractivity contribution in [3.8, 4) is 17.2 Å². The quantitative estimate of drug-likeness (QED) is 0.679. The lowest BCUT2D eigenvalue weighted by Gasteiger charge is -2.10. The molecule has 3 aromatic rings. The number of esters is 1. The topological polar surface area (TPSA) is 104 Å². The molecule has 8 heteroatoms. The molecule has 0 spiro atoms. The molecule has 26 heavy (non-hydrogen) atoms. The van der Waals surface area contributed by atoms with Crippen molar-refractivity contribution >= 4 is 17.6 Å². The van der Waals surface area contributed by atoms with Crippen LogP contribution in [0.15, 0.2) is 59.3 Å². The molecule has 1 heterocycles. The van der Waals surface area contributed by atoms with Crippen molar-refractivity contribution in [3.05, 3.63) is 60.5 Å². The average molecular weight is 353 g/mol. The number of hydrogen-bond acceptors (Lipinski definition) is 7. The molecule has 132 valence electrons. The van der Waals surface area contributed by atoms with Gasteiger partial charge in [0.25, 0.3) is 5.91 Å². The van der Waals surface area contributed by atoms with Crippen LogP contribution in [0.1, 0.15) is 10.4 Å². The van der Waals surface area contributed by atoms with E-state index in [-0.39, 0.29) is 12.2 Å². The number of rotatable bonds is 6. The SMILES string of the molecule is COC(=O)c1ccccc1NC(=O)COc1ccc(-c2nnco2)cc1. The Bertz CT molecular complexity index is 891. The minimum atomic E-state index is -0.529. The number of carbonyl (C=O) groups excluding carboxylic acids is 2. The molecule has 3 rings (SSSR count). The smallest absolute Gasteiger partial charge is 0.339 e. The molecule has 0 aliphatic rings. The number of nitrogens with zero attached hydrogens (tertiary/aromatic N) is 2. The van der Waals surface area contributed by atoms with E-state index in [4.69, 9.17) is 13.9 Å². The molecule has 0 saturated carbocycles. The van der Waals surface area contributed by atoms with Gasteiger partial charge in [0.2, 0.25) is 12.3 Å². The molecule has 0 unspecified atom stereocenters. The van der Waals surface area contributed by atoms with Crippen LogP contribution in [0.25, 0.3) is 11.5 Å². The van der Waals surface area contributed by atoms with E-state index in [1.807, 2.05) is 0 Å². The lowest BCUT2D eigenvalue weighted by molar-refractivity contribution is -0.118. The number of hydrogen-bond donors (Lipinski definition) is 1. The number of ether oxygens (including phenoxy) is 2. The summed E-state index contributed by atoms with van der Waals surface area (Å²) in [4.78, 5) is 23.8. The number of methoxy groups -OCH3 is 1. The summed E-state index contributed by atoms with van der Waals surface area (Å²) in [7, 11) is 1.28. The van der Waals surface area contributed by atoms with Gasteiger partial charge in [0.05, 0.1) is 18.4 Å². The van der Waals surface area contributed by atoms with Gasteiger partial charge in [0, 0.05) is 5.56 Å². The summed E-state index contributed by atoms with van der Waals surface area (Å²) >= 11 is 0. The van der Waals surface area contributed by atoms with Crippen molar-refractivity contribution in [1.82, 2.24) is 10.2 Å². The molecule has 0 aliphatic carbocycles. The van der Waals surface area contributed by atoms with Crippen molar-refractivity contribution in [2.45, 2.75) is 0 Å². The fourth-order valence-corrected chi connectivity index (χ4v) is 2.21. The minimum Gasteiger partial charge on any atom is -0.484 e. The van der Waals surface area contributed by atoms with Gasteiger partial charge in [-0.25, -0.2) is 4.79 Å². The third-order valence-electron chi connectivity index (χ3n) is 3.44. The van der Waals surface area contributed by atoms with E-state index in [1.54, 1.807) is 48.5 Å². The van der Waals surface area contributed by atoms with Crippen LogP contribution in [0.5, 0.6) is 5.75 Å². The van der Waals surface area contributed by atoms with Gasteiger partial charge >= 0.3 is 5.97 Å². The van der Waals surface area contributed by atoms with Crippen molar-refractivity contribution in [3.63, 3.8) is 0 Å². The van der Waals surface area contributed by atoms with Crippen LogP contribution < -0.4 is 10.1 Å². The van der Waals surface area contributed by atoms with Crippen LogP contribution in [0, 0.1) is 0 Å². The highest BCUT2D eigenvalue weighted by Crippen LogP contribution is 2.20. The molecule has 0 bridgehead atoms. The molecule has 0 fully saturated rings. The monoisotopic (exact) mass is 353 g/mol. The van der Waals surface area contributed by atoms with Crippen LogP contribution in [-0.2, 0) is 9.53 Å². The first kappa shape index (κ1) is 17.2. The molecule has 8 nitrogen and oxygen atoms in total. The normalized spacial score (nSPS) is 10.2. The Labute approximate surface area is 148 Å². The van der Waals surface area contributed by atoms with Crippen molar-refractivity contribution in [2.24, 2.45) is 0 Å². The first-order valence-electron chi connectivity index (χ1n) is 7.64. The van der Waals surface area contributed by atoms with E-state index in [2.05, 4.69) is 15.5 Å².